The number of halogens is 1. The van der Waals surface area contributed by atoms with Gasteiger partial charge >= 0.3 is 30.1 Å². The molecule has 1 fully saturated rings. The Kier molecular flexibility index (Phi) is 15.7. The van der Waals surface area contributed by atoms with Gasteiger partial charge in [0.1, 0.15) is 25.5 Å². The zero-order valence-corrected chi connectivity index (χ0v) is 36.5. The minimum atomic E-state index is -3.16. The second-order valence-corrected chi connectivity index (χ2v) is 20.1. The molecular weight excluding hydrogens is 806 g/mol. The number of nitrogens with one attached hydrogen (secondary N) is 1. The highest BCUT2D eigenvalue weighted by atomic mass is 28.4. The number of terminal acetylenes is 1. The van der Waals surface area contributed by atoms with E-state index in [0.29, 0.717) is 12.8 Å². The van der Waals surface area contributed by atoms with Crippen LogP contribution in [0.3, 0.4) is 0 Å². The Bertz CT molecular complexity index is 2110. The zero-order chi connectivity index (χ0) is 44.2. The number of carbonyl (C=O) groups is 4. The number of ether oxygens (including phenoxy) is 5. The van der Waals surface area contributed by atoms with Crippen molar-refractivity contribution in [3.63, 3.8) is 0 Å². The number of anilines is 1. The number of carbonyl (C=O) groups excluding carboxylic acids is 4. The molecule has 17 heteroatoms. The Morgan fingerprint density at radius 1 is 0.967 bits per heavy atom. The molecule has 0 spiro atoms. The van der Waals surface area contributed by atoms with Gasteiger partial charge in [-0.1, -0.05) is 114 Å². The van der Waals surface area contributed by atoms with Gasteiger partial charge in [0.2, 0.25) is 0 Å². The minimum absolute atomic E-state index is 0.00536. The van der Waals surface area contributed by atoms with Crippen LogP contribution in [0.5, 0.6) is 0 Å². The molecular formula is C44H54FN5O10Si. The Labute approximate surface area is 356 Å². The summed E-state index contributed by atoms with van der Waals surface area (Å²) in [5, 5.41) is 3.96. The monoisotopic (exact) mass is 859 g/mol. The van der Waals surface area contributed by atoms with Crippen LogP contribution in [0.2, 0.25) is 5.04 Å². The van der Waals surface area contributed by atoms with Crippen LogP contribution in [0.25, 0.3) is 11.2 Å². The van der Waals surface area contributed by atoms with Crippen LogP contribution in [0.1, 0.15) is 92.7 Å². The van der Waals surface area contributed by atoms with Crippen LogP contribution in [0.4, 0.5) is 15.0 Å². The standard InChI is InChI=1S/C44H54FN5O10Si/c1-8-11-23-36(52)55-26-31(27-56-37(53)24-12-9-2)59-42(54)48-39-38-40(49-41(45)47-39)50(29-46-38)35-25-34(58-30(4)51)44(10-3,60-35)28-57-61(43(5,6)7,32-19-15-13-16-20-32)33-21-17-14-18-22-33/h3,13-22,29,31,34-35H,8-9,11-12,23-28H2,1-2,4-7H3,(H,47,48,49,54)/t34-,35+,44+/m0/s1. The van der Waals surface area contributed by atoms with Crippen LogP contribution in [-0.2, 0) is 42.5 Å². The predicted octanol–water partition coefficient (Wildman–Crippen LogP) is 6.15. The maximum atomic E-state index is 15.2. The van der Waals surface area contributed by atoms with Gasteiger partial charge in [0, 0.05) is 26.2 Å². The van der Waals surface area contributed by atoms with Crippen molar-refractivity contribution in [1.82, 2.24) is 19.5 Å². The molecule has 3 atom stereocenters. The fourth-order valence-corrected chi connectivity index (χ4v) is 11.9. The van der Waals surface area contributed by atoms with Gasteiger partial charge in [-0.2, -0.15) is 14.4 Å². The summed E-state index contributed by atoms with van der Waals surface area (Å²) in [6.07, 6.45) is 5.13. The van der Waals surface area contributed by atoms with Gasteiger partial charge in [0.25, 0.3) is 8.32 Å². The lowest BCUT2D eigenvalue weighted by molar-refractivity contribution is -0.156. The smallest absolute Gasteiger partial charge is 0.413 e. The van der Waals surface area contributed by atoms with Crippen LogP contribution < -0.4 is 15.7 Å². The molecule has 0 unspecified atom stereocenters. The molecule has 0 aliphatic carbocycles. The summed E-state index contributed by atoms with van der Waals surface area (Å²) in [6.45, 7) is 10.5. The van der Waals surface area contributed by atoms with Gasteiger partial charge in [0.05, 0.1) is 12.9 Å². The van der Waals surface area contributed by atoms with E-state index in [9.17, 15) is 19.2 Å². The first-order valence-electron chi connectivity index (χ1n) is 20.4. The van der Waals surface area contributed by atoms with Gasteiger partial charge < -0.3 is 28.1 Å². The molecule has 0 radical (unpaired) electrons. The molecule has 1 saturated heterocycles. The average Bonchev–Trinajstić information content (AvgIpc) is 3.81. The van der Waals surface area contributed by atoms with Crippen molar-refractivity contribution in [2.75, 3.05) is 25.1 Å². The number of benzene rings is 2. The number of aromatic nitrogens is 4. The molecule has 1 amide bonds. The third-order valence-corrected chi connectivity index (χ3v) is 15.3. The quantitative estimate of drug-likeness (QED) is 0.0374. The highest BCUT2D eigenvalue weighted by Gasteiger charge is 2.56. The maximum Gasteiger partial charge on any atom is 0.413 e. The van der Waals surface area contributed by atoms with E-state index in [1.165, 1.54) is 17.8 Å². The largest absolute Gasteiger partial charge is 0.462 e. The second-order valence-electron chi connectivity index (χ2n) is 15.8. The lowest BCUT2D eigenvalue weighted by atomic mass is 9.98. The maximum absolute atomic E-state index is 15.2. The minimum Gasteiger partial charge on any atom is -0.462 e. The van der Waals surface area contributed by atoms with Gasteiger partial charge in [-0.25, -0.2) is 9.78 Å². The number of esters is 3. The summed E-state index contributed by atoms with van der Waals surface area (Å²) >= 11 is 0. The Balaban J connectivity index is 1.42. The van der Waals surface area contributed by atoms with Crippen molar-refractivity contribution in [3.8, 4) is 12.3 Å². The molecule has 2 aromatic carbocycles. The molecule has 326 valence electrons. The number of imidazole rings is 1. The van der Waals surface area contributed by atoms with E-state index in [-0.39, 0.29) is 42.9 Å². The summed E-state index contributed by atoms with van der Waals surface area (Å²) in [5.74, 6) is 0.778. The lowest BCUT2D eigenvalue weighted by Crippen LogP contribution is -2.68. The van der Waals surface area contributed by atoms with Crippen molar-refractivity contribution in [3.05, 3.63) is 73.1 Å². The molecule has 61 heavy (non-hydrogen) atoms. The number of hydrogen-bond acceptors (Lipinski definition) is 13. The van der Waals surface area contributed by atoms with E-state index >= 15 is 4.39 Å². The van der Waals surface area contributed by atoms with E-state index in [1.807, 2.05) is 74.5 Å². The third kappa shape index (κ3) is 11.2. The molecule has 15 nitrogen and oxygen atoms in total. The van der Waals surface area contributed by atoms with Crippen LogP contribution in [-0.4, -0.2) is 89.5 Å². The van der Waals surface area contributed by atoms with Gasteiger partial charge in [0.15, 0.2) is 28.7 Å². The summed E-state index contributed by atoms with van der Waals surface area (Å²) in [7, 11) is -3.16. The van der Waals surface area contributed by atoms with Gasteiger partial charge in [-0.05, 0) is 28.3 Å². The number of rotatable bonds is 19. The molecule has 5 rings (SSSR count). The van der Waals surface area contributed by atoms with E-state index in [4.69, 9.17) is 34.5 Å². The predicted molar refractivity (Wildman–Crippen MR) is 226 cm³/mol. The van der Waals surface area contributed by atoms with E-state index < -0.39 is 80.7 Å². The van der Waals surface area contributed by atoms with Gasteiger partial charge in [-0.15, -0.1) is 6.42 Å². The van der Waals surface area contributed by atoms with E-state index in [0.717, 1.165) is 23.2 Å². The van der Waals surface area contributed by atoms with Crippen LogP contribution in [0.15, 0.2) is 67.0 Å². The van der Waals surface area contributed by atoms with E-state index in [1.54, 1.807) is 0 Å². The molecule has 0 bridgehead atoms. The zero-order valence-electron chi connectivity index (χ0n) is 35.5. The summed E-state index contributed by atoms with van der Waals surface area (Å²) in [4.78, 5) is 62.3. The lowest BCUT2D eigenvalue weighted by Gasteiger charge is -2.44. The van der Waals surface area contributed by atoms with Crippen molar-refractivity contribution in [2.24, 2.45) is 0 Å². The molecule has 1 aliphatic rings. The van der Waals surface area contributed by atoms with Crippen molar-refractivity contribution in [2.45, 2.75) is 116 Å². The van der Waals surface area contributed by atoms with Crippen molar-refractivity contribution < 1.29 is 51.7 Å². The first kappa shape index (κ1) is 46.4. The summed E-state index contributed by atoms with van der Waals surface area (Å²) in [5.41, 5.74) is -1.74. The molecule has 2 aromatic heterocycles. The fourth-order valence-electron chi connectivity index (χ4n) is 7.27. The van der Waals surface area contributed by atoms with Gasteiger partial charge in [-0.3, -0.25) is 24.3 Å². The highest BCUT2D eigenvalue weighted by Crippen LogP contribution is 2.43. The second kappa shape index (κ2) is 20.7. The first-order valence-corrected chi connectivity index (χ1v) is 22.3. The first-order chi connectivity index (χ1) is 29.2. The average molecular weight is 860 g/mol. The number of fused-ring (bicyclic) bond motifs is 1. The fraction of sp³-hybridized carbons (Fsp3) is 0.477. The molecule has 1 N–H and O–H groups in total. The SMILES string of the molecule is C#C[C@]1(CO[Si](c2ccccc2)(c2ccccc2)C(C)(C)C)O[C@@H](n2cnc3c(NC(=O)OC(COC(=O)CCCC)COC(=O)CCCC)nc(F)nc32)C[C@@H]1OC(C)=O. The number of hydrogen-bond donors (Lipinski definition) is 1. The Hall–Kier alpha value is -5.70. The molecule has 3 heterocycles. The van der Waals surface area contributed by atoms with E-state index in [2.05, 4.69) is 47.0 Å². The third-order valence-electron chi connectivity index (χ3n) is 10.3. The van der Waals surface area contributed by atoms with Crippen LogP contribution in [0, 0.1) is 18.4 Å². The number of nitrogens with zero attached hydrogens (tertiary/aromatic N) is 4. The summed E-state index contributed by atoms with van der Waals surface area (Å²) < 4.78 is 52.2. The molecule has 1 aliphatic heterocycles. The van der Waals surface area contributed by atoms with Crippen molar-refractivity contribution >= 4 is 59.7 Å². The highest BCUT2D eigenvalue weighted by molar-refractivity contribution is 6.99. The van der Waals surface area contributed by atoms with Crippen LogP contribution >= 0.6 is 0 Å². The molecule has 4 aromatic rings. The number of unbranched alkanes of at least 4 members (excludes halogenated alkanes) is 2. The topological polar surface area (TPSA) is 179 Å². The normalized spacial score (nSPS) is 17.8. The van der Waals surface area contributed by atoms with Crippen molar-refractivity contribution in [1.29, 1.82) is 0 Å². The molecule has 0 saturated carbocycles. The Morgan fingerprint density at radius 2 is 1.54 bits per heavy atom. The Morgan fingerprint density at radius 3 is 2.05 bits per heavy atom. The summed E-state index contributed by atoms with van der Waals surface area (Å²) in [6, 6.07) is 19.9. The number of amides is 1.